The third-order valence-electron chi connectivity index (χ3n) is 2.87. The fourth-order valence-corrected chi connectivity index (χ4v) is 1.99. The lowest BCUT2D eigenvalue weighted by Crippen LogP contribution is -1.91. The van der Waals surface area contributed by atoms with E-state index in [1.807, 2.05) is 48.9 Å². The Hall–Kier alpha value is -2.23. The summed E-state index contributed by atoms with van der Waals surface area (Å²) in [7, 11) is 1.97. The molecule has 0 saturated carbocycles. The van der Waals surface area contributed by atoms with Gasteiger partial charge in [-0.25, -0.2) is 4.98 Å². The number of nitrogen functional groups attached to an aromatic ring is 1. The first-order valence-electron chi connectivity index (χ1n) is 5.44. The number of imidazole rings is 1. The lowest BCUT2D eigenvalue weighted by atomic mass is 10.3. The second-order valence-electron chi connectivity index (χ2n) is 4.15. The average Bonchev–Trinajstić information content (AvgIpc) is 2.83. The average molecular weight is 227 g/mol. The summed E-state index contributed by atoms with van der Waals surface area (Å²) in [4.78, 5) is 4.55. The van der Waals surface area contributed by atoms with Crippen molar-refractivity contribution in [2.75, 3.05) is 5.73 Å². The van der Waals surface area contributed by atoms with E-state index in [0.717, 1.165) is 34.1 Å². The maximum atomic E-state index is 5.75. The van der Waals surface area contributed by atoms with Crippen LogP contribution in [-0.2, 0) is 7.05 Å². The van der Waals surface area contributed by atoms with E-state index in [0.29, 0.717) is 0 Å². The summed E-state index contributed by atoms with van der Waals surface area (Å²) in [6, 6.07) is 9.58. The Kier molecular flexibility index (Phi) is 1.98. The summed E-state index contributed by atoms with van der Waals surface area (Å²) in [5.74, 6) is 2.48. The lowest BCUT2D eigenvalue weighted by molar-refractivity contribution is 0.542. The molecule has 0 fully saturated rings. The molecule has 86 valence electrons. The van der Waals surface area contributed by atoms with Crippen LogP contribution in [0.3, 0.4) is 0 Å². The number of hydrogen-bond acceptors (Lipinski definition) is 3. The van der Waals surface area contributed by atoms with Gasteiger partial charge in [-0.1, -0.05) is 0 Å². The molecule has 2 aromatic heterocycles. The highest BCUT2D eigenvalue weighted by molar-refractivity contribution is 5.82. The minimum atomic E-state index is 0.720. The highest BCUT2D eigenvalue weighted by Gasteiger charge is 2.12. The summed E-state index contributed by atoms with van der Waals surface area (Å²) in [5, 5.41) is 0. The summed E-state index contributed by atoms with van der Waals surface area (Å²) in [6.07, 6.45) is 0. The third kappa shape index (κ3) is 1.49. The fraction of sp³-hybridized carbons (Fsp3) is 0.154. The van der Waals surface area contributed by atoms with E-state index in [-0.39, 0.29) is 0 Å². The van der Waals surface area contributed by atoms with E-state index < -0.39 is 0 Å². The Bertz CT molecular complexity index is 694. The molecule has 0 spiro atoms. The van der Waals surface area contributed by atoms with Crippen LogP contribution in [0, 0.1) is 6.92 Å². The Morgan fingerprint density at radius 3 is 2.76 bits per heavy atom. The highest BCUT2D eigenvalue weighted by atomic mass is 16.3. The monoisotopic (exact) mass is 227 g/mol. The normalized spacial score (nSPS) is 11.2. The van der Waals surface area contributed by atoms with Crippen LogP contribution in [0.25, 0.3) is 22.6 Å². The molecule has 3 rings (SSSR count). The topological polar surface area (TPSA) is 57.0 Å². The Morgan fingerprint density at radius 2 is 2.06 bits per heavy atom. The van der Waals surface area contributed by atoms with E-state index in [2.05, 4.69) is 4.98 Å². The minimum Gasteiger partial charge on any atom is -0.458 e. The van der Waals surface area contributed by atoms with Crippen molar-refractivity contribution in [3.05, 3.63) is 36.1 Å². The molecule has 0 radical (unpaired) electrons. The van der Waals surface area contributed by atoms with Crippen molar-refractivity contribution in [3.8, 4) is 11.6 Å². The minimum absolute atomic E-state index is 0.720. The molecule has 0 bridgehead atoms. The molecular weight excluding hydrogens is 214 g/mol. The van der Waals surface area contributed by atoms with Gasteiger partial charge in [0.05, 0.1) is 11.0 Å². The molecule has 4 heteroatoms. The first-order valence-corrected chi connectivity index (χ1v) is 5.44. The molecule has 0 atom stereocenters. The van der Waals surface area contributed by atoms with Gasteiger partial charge in [0.25, 0.3) is 0 Å². The van der Waals surface area contributed by atoms with Crippen molar-refractivity contribution in [3.63, 3.8) is 0 Å². The van der Waals surface area contributed by atoms with Crippen LogP contribution in [0.4, 0.5) is 5.69 Å². The number of aromatic nitrogens is 2. The molecule has 1 aromatic carbocycles. The third-order valence-corrected chi connectivity index (χ3v) is 2.87. The second kappa shape index (κ2) is 3.38. The van der Waals surface area contributed by atoms with Crippen LogP contribution in [0.2, 0.25) is 0 Å². The zero-order chi connectivity index (χ0) is 12.0. The van der Waals surface area contributed by atoms with E-state index >= 15 is 0 Å². The van der Waals surface area contributed by atoms with Crippen LogP contribution in [-0.4, -0.2) is 9.55 Å². The van der Waals surface area contributed by atoms with Crippen molar-refractivity contribution in [2.24, 2.45) is 7.05 Å². The molecular formula is C13H13N3O. The van der Waals surface area contributed by atoms with Gasteiger partial charge < -0.3 is 14.7 Å². The molecule has 0 aliphatic rings. The summed E-state index contributed by atoms with van der Waals surface area (Å²) >= 11 is 0. The van der Waals surface area contributed by atoms with Gasteiger partial charge in [-0.2, -0.15) is 0 Å². The van der Waals surface area contributed by atoms with E-state index in [4.69, 9.17) is 10.2 Å². The van der Waals surface area contributed by atoms with Crippen molar-refractivity contribution < 1.29 is 4.42 Å². The van der Waals surface area contributed by atoms with Crippen molar-refractivity contribution >= 4 is 16.7 Å². The number of nitrogens with zero attached hydrogens (tertiary/aromatic N) is 2. The predicted octanol–water partition coefficient (Wildman–Crippen LogP) is 2.72. The molecule has 0 aliphatic heterocycles. The summed E-state index contributed by atoms with van der Waals surface area (Å²) in [6.45, 7) is 1.92. The van der Waals surface area contributed by atoms with Gasteiger partial charge in [0, 0.05) is 12.7 Å². The molecule has 17 heavy (non-hydrogen) atoms. The maximum Gasteiger partial charge on any atom is 0.176 e. The molecule has 3 aromatic rings. The molecule has 2 heterocycles. The van der Waals surface area contributed by atoms with Crippen LogP contribution in [0.15, 0.2) is 34.7 Å². The number of furan rings is 1. The number of fused-ring (bicyclic) bond motifs is 1. The molecule has 4 nitrogen and oxygen atoms in total. The molecule has 0 unspecified atom stereocenters. The second-order valence-corrected chi connectivity index (χ2v) is 4.15. The van der Waals surface area contributed by atoms with Crippen LogP contribution in [0.1, 0.15) is 5.76 Å². The first-order chi connectivity index (χ1) is 8.15. The number of nitrogens with two attached hydrogens (primary N) is 1. The van der Waals surface area contributed by atoms with E-state index in [1.54, 1.807) is 0 Å². The predicted molar refractivity (Wildman–Crippen MR) is 67.6 cm³/mol. The zero-order valence-corrected chi connectivity index (χ0v) is 9.77. The van der Waals surface area contributed by atoms with Crippen molar-refractivity contribution in [1.82, 2.24) is 9.55 Å². The van der Waals surface area contributed by atoms with Gasteiger partial charge in [-0.05, 0) is 37.3 Å². The Labute approximate surface area is 98.7 Å². The first kappa shape index (κ1) is 9.96. The van der Waals surface area contributed by atoms with Gasteiger partial charge in [-0.3, -0.25) is 0 Å². The molecule has 2 N–H and O–H groups in total. The summed E-state index contributed by atoms with van der Waals surface area (Å²) < 4.78 is 7.60. The van der Waals surface area contributed by atoms with Crippen LogP contribution >= 0.6 is 0 Å². The highest BCUT2D eigenvalue weighted by Crippen LogP contribution is 2.26. The van der Waals surface area contributed by atoms with Gasteiger partial charge in [0.15, 0.2) is 11.6 Å². The quantitative estimate of drug-likeness (QED) is 0.650. The van der Waals surface area contributed by atoms with Gasteiger partial charge in [-0.15, -0.1) is 0 Å². The SMILES string of the molecule is Cc1ccc(-c2nc3cc(N)ccc3n2C)o1. The van der Waals surface area contributed by atoms with Gasteiger partial charge >= 0.3 is 0 Å². The fourth-order valence-electron chi connectivity index (χ4n) is 1.99. The number of aryl methyl sites for hydroxylation is 2. The number of hydrogen-bond donors (Lipinski definition) is 1. The van der Waals surface area contributed by atoms with Crippen molar-refractivity contribution in [2.45, 2.75) is 6.92 Å². The number of benzene rings is 1. The largest absolute Gasteiger partial charge is 0.458 e. The van der Waals surface area contributed by atoms with Crippen molar-refractivity contribution in [1.29, 1.82) is 0 Å². The van der Waals surface area contributed by atoms with Gasteiger partial charge in [0.1, 0.15) is 5.76 Å². The lowest BCUT2D eigenvalue weighted by Gasteiger charge is -1.98. The number of anilines is 1. The van der Waals surface area contributed by atoms with E-state index in [1.165, 1.54) is 0 Å². The smallest absolute Gasteiger partial charge is 0.176 e. The Morgan fingerprint density at radius 1 is 1.24 bits per heavy atom. The summed E-state index contributed by atoms with van der Waals surface area (Å²) in [5.41, 5.74) is 8.40. The standard InChI is InChI=1S/C13H13N3O/c1-8-3-6-12(17-8)13-15-10-7-9(14)4-5-11(10)16(13)2/h3-7H,14H2,1-2H3. The molecule has 0 aliphatic carbocycles. The zero-order valence-electron chi connectivity index (χ0n) is 9.77. The van der Waals surface area contributed by atoms with E-state index in [9.17, 15) is 0 Å². The molecule has 0 saturated heterocycles. The van der Waals surface area contributed by atoms with Crippen LogP contribution in [0.5, 0.6) is 0 Å². The van der Waals surface area contributed by atoms with Crippen LogP contribution < -0.4 is 5.73 Å². The maximum absolute atomic E-state index is 5.75. The Balaban J connectivity index is 2.27. The molecule has 0 amide bonds. The van der Waals surface area contributed by atoms with Gasteiger partial charge in [0.2, 0.25) is 0 Å². The number of rotatable bonds is 1.